The molecule has 6 heteroatoms. The first-order chi connectivity index (χ1) is 12.9. The minimum absolute atomic E-state index is 0.0419. The molecule has 0 radical (unpaired) electrons. The molecule has 2 atom stereocenters. The number of rotatable bonds is 7. The van der Waals surface area contributed by atoms with Crippen molar-refractivity contribution in [1.82, 2.24) is 9.21 Å². The van der Waals surface area contributed by atoms with Crippen molar-refractivity contribution in [3.8, 4) is 0 Å². The first kappa shape index (κ1) is 20.0. The highest BCUT2D eigenvalue weighted by atomic mass is 32.2. The maximum atomic E-state index is 13.4. The molecule has 3 rings (SSSR count). The van der Waals surface area contributed by atoms with Gasteiger partial charge in [-0.1, -0.05) is 49.4 Å². The zero-order chi connectivity index (χ0) is 19.4. The largest absolute Gasteiger partial charge is 0.295 e. The van der Waals surface area contributed by atoms with E-state index in [2.05, 4.69) is 24.0 Å². The predicted octanol–water partition coefficient (Wildman–Crippen LogP) is 3.81. The lowest BCUT2D eigenvalue weighted by atomic mass is 10.1. The molecule has 0 amide bonds. The highest BCUT2D eigenvalue weighted by Crippen LogP contribution is 2.28. The van der Waals surface area contributed by atoms with E-state index < -0.39 is 15.8 Å². The van der Waals surface area contributed by atoms with E-state index in [9.17, 15) is 12.8 Å². The van der Waals surface area contributed by atoms with Crippen LogP contribution >= 0.6 is 0 Å². The zero-order valence-electron chi connectivity index (χ0n) is 15.9. The number of benzene rings is 2. The Kier molecular flexibility index (Phi) is 6.29. The molecule has 1 aliphatic heterocycles. The smallest absolute Gasteiger partial charge is 0.218 e. The van der Waals surface area contributed by atoms with Crippen molar-refractivity contribution in [3.05, 3.63) is 71.5 Å². The minimum atomic E-state index is -3.50. The van der Waals surface area contributed by atoms with Crippen LogP contribution in [0.5, 0.6) is 0 Å². The van der Waals surface area contributed by atoms with Crippen molar-refractivity contribution in [1.29, 1.82) is 0 Å². The minimum Gasteiger partial charge on any atom is -0.295 e. The molecule has 0 saturated carbocycles. The summed E-state index contributed by atoms with van der Waals surface area (Å²) in [5.41, 5.74) is 1.73. The number of sulfonamides is 1. The third-order valence-electron chi connectivity index (χ3n) is 5.34. The van der Waals surface area contributed by atoms with Gasteiger partial charge < -0.3 is 0 Å². The van der Waals surface area contributed by atoms with Gasteiger partial charge in [-0.25, -0.2) is 12.8 Å². The van der Waals surface area contributed by atoms with Gasteiger partial charge in [0.25, 0.3) is 0 Å². The summed E-state index contributed by atoms with van der Waals surface area (Å²) in [7, 11) is -3.50. The van der Waals surface area contributed by atoms with Crippen LogP contribution in [0.4, 0.5) is 4.39 Å². The molecule has 2 unspecified atom stereocenters. The lowest BCUT2D eigenvalue weighted by Gasteiger charge is -2.29. The summed E-state index contributed by atoms with van der Waals surface area (Å²) in [5.74, 6) is -0.571. The molecule has 2 aromatic rings. The van der Waals surface area contributed by atoms with Crippen molar-refractivity contribution in [2.45, 2.75) is 38.1 Å². The quantitative estimate of drug-likeness (QED) is 0.722. The summed E-state index contributed by atoms with van der Waals surface area (Å²) in [6.07, 6.45) is 0.813. The van der Waals surface area contributed by atoms with Gasteiger partial charge in [-0.2, -0.15) is 4.31 Å². The SMILES string of the molecule is CCN(C1CCN(C(C)c2ccccc2)C1)S(=O)(=O)Cc1cccc(F)c1. The Hall–Kier alpha value is -1.76. The normalized spacial score (nSPS) is 19.5. The van der Waals surface area contributed by atoms with E-state index in [0.717, 1.165) is 13.0 Å². The average molecular weight is 391 g/mol. The number of nitrogens with zero attached hydrogens (tertiary/aromatic N) is 2. The number of halogens is 1. The second-order valence-corrected chi connectivity index (χ2v) is 9.04. The van der Waals surface area contributed by atoms with Crippen molar-refractivity contribution in [2.75, 3.05) is 19.6 Å². The summed E-state index contributed by atoms with van der Waals surface area (Å²) in [6, 6.07) is 16.3. The Balaban J connectivity index is 1.70. The van der Waals surface area contributed by atoms with E-state index in [1.165, 1.54) is 17.7 Å². The van der Waals surface area contributed by atoms with Gasteiger partial charge >= 0.3 is 0 Å². The molecule has 0 spiro atoms. The van der Waals surface area contributed by atoms with Crippen molar-refractivity contribution in [2.24, 2.45) is 0 Å². The van der Waals surface area contributed by atoms with Crippen LogP contribution in [-0.4, -0.2) is 43.3 Å². The van der Waals surface area contributed by atoms with Gasteiger partial charge in [0.05, 0.1) is 5.75 Å². The number of likely N-dealkylation sites (tertiary alicyclic amines) is 1. The molecule has 27 heavy (non-hydrogen) atoms. The average Bonchev–Trinajstić information content (AvgIpc) is 3.11. The molecule has 1 heterocycles. The molecule has 2 aromatic carbocycles. The van der Waals surface area contributed by atoms with E-state index >= 15 is 0 Å². The first-order valence-corrected chi connectivity index (χ1v) is 11.0. The van der Waals surface area contributed by atoms with Gasteiger partial charge in [-0.05, 0) is 36.6 Å². The molecule has 1 fully saturated rings. The summed E-state index contributed by atoms with van der Waals surface area (Å²) in [5, 5.41) is 0. The summed E-state index contributed by atoms with van der Waals surface area (Å²) in [6.45, 7) is 6.04. The molecule has 146 valence electrons. The van der Waals surface area contributed by atoms with Crippen LogP contribution in [0.3, 0.4) is 0 Å². The van der Waals surface area contributed by atoms with E-state index in [1.807, 2.05) is 25.1 Å². The molecule has 0 N–H and O–H groups in total. The van der Waals surface area contributed by atoms with Crippen LogP contribution in [0, 0.1) is 5.82 Å². The monoisotopic (exact) mass is 390 g/mol. The Morgan fingerprint density at radius 2 is 1.93 bits per heavy atom. The van der Waals surface area contributed by atoms with Crippen molar-refractivity contribution in [3.63, 3.8) is 0 Å². The standard InChI is InChI=1S/C21H27FN2O2S/c1-3-24(27(25,26)16-18-8-7-11-20(22)14-18)21-12-13-23(15-21)17(2)19-9-5-4-6-10-19/h4-11,14,17,21H,3,12-13,15-16H2,1-2H3. The lowest BCUT2D eigenvalue weighted by molar-refractivity contribution is 0.239. The van der Waals surface area contributed by atoms with Gasteiger partial charge in [0, 0.05) is 31.7 Å². The van der Waals surface area contributed by atoms with Crippen LogP contribution < -0.4 is 0 Å². The van der Waals surface area contributed by atoms with E-state index in [-0.39, 0.29) is 17.8 Å². The molecule has 0 bridgehead atoms. The Bertz CT molecular complexity index is 857. The van der Waals surface area contributed by atoms with Crippen LogP contribution in [0.1, 0.15) is 37.4 Å². The molecule has 1 aliphatic rings. The third kappa shape index (κ3) is 4.75. The molecule has 1 saturated heterocycles. The van der Waals surface area contributed by atoms with Crippen LogP contribution in [0.15, 0.2) is 54.6 Å². The van der Waals surface area contributed by atoms with Gasteiger partial charge in [0.1, 0.15) is 5.82 Å². The van der Waals surface area contributed by atoms with Crippen LogP contribution in [0.2, 0.25) is 0 Å². The summed E-state index contributed by atoms with van der Waals surface area (Å²) < 4.78 is 40.9. The first-order valence-electron chi connectivity index (χ1n) is 9.43. The highest BCUT2D eigenvalue weighted by molar-refractivity contribution is 7.88. The Labute approximate surface area is 161 Å². The van der Waals surface area contributed by atoms with Gasteiger partial charge in [-0.3, -0.25) is 4.90 Å². The molecular formula is C21H27FN2O2S. The van der Waals surface area contributed by atoms with E-state index in [0.29, 0.717) is 18.7 Å². The Morgan fingerprint density at radius 1 is 1.19 bits per heavy atom. The van der Waals surface area contributed by atoms with Gasteiger partial charge in [-0.15, -0.1) is 0 Å². The molecule has 4 nitrogen and oxygen atoms in total. The zero-order valence-corrected chi connectivity index (χ0v) is 16.7. The second kappa shape index (κ2) is 8.50. The maximum absolute atomic E-state index is 13.4. The third-order valence-corrected chi connectivity index (χ3v) is 7.31. The fourth-order valence-corrected chi connectivity index (χ4v) is 5.69. The maximum Gasteiger partial charge on any atom is 0.218 e. The topological polar surface area (TPSA) is 40.6 Å². The fraction of sp³-hybridized carbons (Fsp3) is 0.429. The van der Waals surface area contributed by atoms with Gasteiger partial charge in [0.15, 0.2) is 0 Å². The molecule has 0 aliphatic carbocycles. The van der Waals surface area contributed by atoms with E-state index in [1.54, 1.807) is 16.4 Å². The van der Waals surface area contributed by atoms with Crippen molar-refractivity contribution >= 4 is 10.0 Å². The molecule has 0 aromatic heterocycles. The van der Waals surface area contributed by atoms with E-state index in [4.69, 9.17) is 0 Å². The lowest BCUT2D eigenvalue weighted by Crippen LogP contribution is -2.42. The van der Waals surface area contributed by atoms with Crippen LogP contribution in [-0.2, 0) is 15.8 Å². The number of hydrogen-bond acceptors (Lipinski definition) is 3. The van der Waals surface area contributed by atoms with Crippen LogP contribution in [0.25, 0.3) is 0 Å². The Morgan fingerprint density at radius 3 is 2.59 bits per heavy atom. The number of likely N-dealkylation sites (N-methyl/N-ethyl adjacent to an activating group) is 1. The second-order valence-electron chi connectivity index (χ2n) is 7.11. The van der Waals surface area contributed by atoms with Crippen molar-refractivity contribution < 1.29 is 12.8 Å². The summed E-state index contributed by atoms with van der Waals surface area (Å²) >= 11 is 0. The highest BCUT2D eigenvalue weighted by Gasteiger charge is 2.35. The summed E-state index contributed by atoms with van der Waals surface area (Å²) in [4.78, 5) is 2.33. The number of hydrogen-bond donors (Lipinski definition) is 0. The fourth-order valence-electron chi connectivity index (χ4n) is 3.90. The molecular weight excluding hydrogens is 363 g/mol. The predicted molar refractivity (Wildman–Crippen MR) is 106 cm³/mol. The van der Waals surface area contributed by atoms with Gasteiger partial charge in [0.2, 0.25) is 10.0 Å².